The Morgan fingerprint density at radius 3 is 2.62 bits per heavy atom. The average molecular weight is 424 g/mol. The Kier molecular flexibility index (Phi) is 4.94. The van der Waals surface area contributed by atoms with E-state index in [-0.39, 0.29) is 27.0 Å². The molecule has 1 N–H and O–H groups in total. The summed E-state index contributed by atoms with van der Waals surface area (Å²) in [4.78, 5) is 3.84. The van der Waals surface area contributed by atoms with Gasteiger partial charge in [-0.05, 0) is 24.3 Å². The number of nitriles is 1. The molecule has 0 unspecified atom stereocenters. The third-order valence-electron chi connectivity index (χ3n) is 3.82. The van der Waals surface area contributed by atoms with Gasteiger partial charge in [0.25, 0.3) is 10.0 Å². The van der Waals surface area contributed by atoms with Crippen molar-refractivity contribution in [1.29, 1.82) is 5.26 Å². The highest BCUT2D eigenvalue weighted by molar-refractivity contribution is 7.93. The first-order valence-corrected chi connectivity index (χ1v) is 10.4. The number of para-hydroxylation sites is 2. The maximum atomic E-state index is 13.6. The summed E-state index contributed by atoms with van der Waals surface area (Å²) in [6.45, 7) is 0. The van der Waals surface area contributed by atoms with Crippen LogP contribution in [0, 0.1) is 11.3 Å². The SMILES string of the molecule is N#Cc1cccc(S(=O)(=O)N(c2cn[nH]c2)c2ncns2)c1Oc1ccccc1. The minimum absolute atomic E-state index is 0.0702. The largest absolute Gasteiger partial charge is 0.455 e. The van der Waals surface area contributed by atoms with E-state index in [1.165, 1.54) is 36.9 Å². The van der Waals surface area contributed by atoms with Crippen molar-refractivity contribution in [3.8, 4) is 17.6 Å². The van der Waals surface area contributed by atoms with Crippen LogP contribution in [0.1, 0.15) is 5.56 Å². The first-order valence-electron chi connectivity index (χ1n) is 8.18. The van der Waals surface area contributed by atoms with Crippen LogP contribution in [0.5, 0.6) is 11.5 Å². The number of benzene rings is 2. The summed E-state index contributed by atoms with van der Waals surface area (Å²) < 4.78 is 38.0. The van der Waals surface area contributed by atoms with Crippen LogP contribution in [-0.4, -0.2) is 28.0 Å². The Bertz CT molecular complexity index is 1220. The van der Waals surface area contributed by atoms with Crippen LogP contribution in [-0.2, 0) is 10.0 Å². The summed E-state index contributed by atoms with van der Waals surface area (Å²) in [6, 6.07) is 15.0. The fraction of sp³-hybridized carbons (Fsp3) is 0. The molecule has 2 heterocycles. The molecule has 9 nitrogen and oxygen atoms in total. The van der Waals surface area contributed by atoms with E-state index in [4.69, 9.17) is 4.74 Å². The van der Waals surface area contributed by atoms with Gasteiger partial charge in [0.1, 0.15) is 23.0 Å². The van der Waals surface area contributed by atoms with Crippen LogP contribution in [0.3, 0.4) is 0 Å². The van der Waals surface area contributed by atoms with Crippen molar-refractivity contribution in [3.05, 3.63) is 72.8 Å². The summed E-state index contributed by atoms with van der Waals surface area (Å²) in [7, 11) is -4.23. The maximum Gasteiger partial charge on any atom is 0.274 e. The van der Waals surface area contributed by atoms with E-state index >= 15 is 0 Å². The maximum absolute atomic E-state index is 13.6. The molecule has 2 aromatic carbocycles. The predicted molar refractivity (Wildman–Crippen MR) is 105 cm³/mol. The lowest BCUT2D eigenvalue weighted by Crippen LogP contribution is -2.26. The lowest BCUT2D eigenvalue weighted by Gasteiger charge is -2.21. The normalized spacial score (nSPS) is 11.0. The Morgan fingerprint density at radius 1 is 1.14 bits per heavy atom. The molecule has 0 atom stereocenters. The molecule has 0 aliphatic heterocycles. The Hall–Kier alpha value is -3.75. The highest BCUT2D eigenvalue weighted by atomic mass is 32.2. The van der Waals surface area contributed by atoms with E-state index in [1.54, 1.807) is 30.3 Å². The minimum Gasteiger partial charge on any atom is -0.455 e. The van der Waals surface area contributed by atoms with Crippen molar-refractivity contribution in [2.24, 2.45) is 0 Å². The lowest BCUT2D eigenvalue weighted by molar-refractivity contribution is 0.466. The van der Waals surface area contributed by atoms with Crippen LogP contribution < -0.4 is 9.04 Å². The van der Waals surface area contributed by atoms with Crippen molar-refractivity contribution in [2.75, 3.05) is 4.31 Å². The molecule has 29 heavy (non-hydrogen) atoms. The molecule has 4 aromatic rings. The van der Waals surface area contributed by atoms with Gasteiger partial charge in [-0.3, -0.25) is 5.10 Å². The first kappa shape index (κ1) is 18.6. The Labute approximate surface area is 170 Å². The van der Waals surface area contributed by atoms with E-state index in [0.717, 1.165) is 15.8 Å². The van der Waals surface area contributed by atoms with E-state index in [9.17, 15) is 13.7 Å². The highest BCUT2D eigenvalue weighted by Crippen LogP contribution is 2.38. The summed E-state index contributed by atoms with van der Waals surface area (Å²) in [5.41, 5.74) is 0.328. The van der Waals surface area contributed by atoms with Crippen molar-refractivity contribution in [2.45, 2.75) is 4.90 Å². The fourth-order valence-corrected chi connectivity index (χ4v) is 4.90. The molecule has 0 fully saturated rings. The van der Waals surface area contributed by atoms with Gasteiger partial charge in [0.2, 0.25) is 5.13 Å². The summed E-state index contributed by atoms with van der Waals surface area (Å²) >= 11 is 0.909. The Balaban J connectivity index is 1.90. The minimum atomic E-state index is -4.23. The fourth-order valence-electron chi connectivity index (χ4n) is 2.58. The van der Waals surface area contributed by atoms with Crippen LogP contribution >= 0.6 is 11.5 Å². The zero-order valence-corrected chi connectivity index (χ0v) is 16.3. The topological polar surface area (TPSA) is 125 Å². The zero-order valence-electron chi connectivity index (χ0n) is 14.6. The van der Waals surface area contributed by atoms with Gasteiger partial charge >= 0.3 is 0 Å². The van der Waals surface area contributed by atoms with Crippen molar-refractivity contribution in [3.63, 3.8) is 0 Å². The number of ether oxygens (including phenoxy) is 1. The smallest absolute Gasteiger partial charge is 0.274 e. The van der Waals surface area contributed by atoms with Gasteiger partial charge in [-0.25, -0.2) is 17.7 Å². The number of anilines is 2. The number of hydrogen-bond acceptors (Lipinski definition) is 8. The van der Waals surface area contributed by atoms with E-state index < -0.39 is 10.0 Å². The summed E-state index contributed by atoms with van der Waals surface area (Å²) in [5.74, 6) is 0.330. The molecular formula is C18H12N6O3S2. The number of rotatable bonds is 6. The van der Waals surface area contributed by atoms with Crippen molar-refractivity contribution < 1.29 is 13.2 Å². The quantitative estimate of drug-likeness (QED) is 0.502. The molecule has 0 saturated heterocycles. The molecule has 144 valence electrons. The molecule has 2 aromatic heterocycles. The number of sulfonamides is 1. The molecule has 0 saturated carbocycles. The van der Waals surface area contributed by atoms with Crippen LogP contribution in [0.15, 0.2) is 72.1 Å². The zero-order chi connectivity index (χ0) is 20.3. The van der Waals surface area contributed by atoms with Crippen molar-refractivity contribution >= 4 is 32.4 Å². The first-order chi connectivity index (χ1) is 14.1. The summed E-state index contributed by atoms with van der Waals surface area (Å²) in [5, 5.41) is 16.1. The van der Waals surface area contributed by atoms with Crippen LogP contribution in [0.2, 0.25) is 0 Å². The third kappa shape index (κ3) is 3.54. The molecule has 0 spiro atoms. The molecule has 4 rings (SSSR count). The molecule has 0 amide bonds. The second kappa shape index (κ2) is 7.70. The number of aromatic amines is 1. The summed E-state index contributed by atoms with van der Waals surface area (Å²) in [6.07, 6.45) is 4.03. The van der Waals surface area contributed by atoms with Gasteiger partial charge in [-0.1, -0.05) is 24.3 Å². The van der Waals surface area contributed by atoms with Gasteiger partial charge in [0.15, 0.2) is 5.75 Å². The lowest BCUT2D eigenvalue weighted by atomic mass is 10.2. The van der Waals surface area contributed by atoms with Crippen LogP contribution in [0.4, 0.5) is 10.8 Å². The van der Waals surface area contributed by atoms with Crippen molar-refractivity contribution in [1.82, 2.24) is 19.6 Å². The van der Waals surface area contributed by atoms with E-state index in [0.29, 0.717) is 5.75 Å². The van der Waals surface area contributed by atoms with Crippen LogP contribution in [0.25, 0.3) is 0 Å². The molecule has 0 radical (unpaired) electrons. The molecule has 0 bridgehead atoms. The van der Waals surface area contributed by atoms with E-state index in [1.807, 2.05) is 6.07 Å². The third-order valence-corrected chi connectivity index (χ3v) is 6.33. The number of H-pyrrole nitrogens is 1. The molecule has 0 aliphatic rings. The van der Waals surface area contributed by atoms with Gasteiger partial charge in [0, 0.05) is 17.7 Å². The molecular weight excluding hydrogens is 412 g/mol. The number of aromatic nitrogens is 4. The average Bonchev–Trinajstić information content (AvgIpc) is 3.44. The number of nitrogens with zero attached hydrogens (tertiary/aromatic N) is 5. The monoisotopic (exact) mass is 424 g/mol. The number of hydrogen-bond donors (Lipinski definition) is 1. The predicted octanol–water partition coefficient (Wildman–Crippen LogP) is 3.45. The van der Waals surface area contributed by atoms with Gasteiger partial charge in [0.05, 0.1) is 17.4 Å². The number of nitrogens with one attached hydrogen (secondary N) is 1. The standard InChI is InChI=1S/C18H12N6O3S2/c19-9-13-5-4-8-16(17(13)27-15-6-2-1-3-7-15)29(25,26)24(14-10-21-22-11-14)18-20-12-23-28-18/h1-8,10-12H,(H,21,22). The van der Waals surface area contributed by atoms with Gasteiger partial charge in [-0.15, -0.1) is 0 Å². The molecule has 11 heteroatoms. The second-order valence-corrected chi connectivity index (χ2v) is 8.12. The van der Waals surface area contributed by atoms with Gasteiger partial charge < -0.3 is 4.74 Å². The van der Waals surface area contributed by atoms with E-state index in [2.05, 4.69) is 19.6 Å². The Morgan fingerprint density at radius 2 is 1.97 bits per heavy atom. The molecule has 0 aliphatic carbocycles. The highest BCUT2D eigenvalue weighted by Gasteiger charge is 2.33. The van der Waals surface area contributed by atoms with Gasteiger partial charge in [-0.2, -0.15) is 14.7 Å². The second-order valence-electron chi connectivity index (χ2n) is 5.61.